The first-order valence-corrected chi connectivity index (χ1v) is 5.98. The molecule has 5 nitrogen and oxygen atoms in total. The molecule has 1 unspecified atom stereocenters. The van der Waals surface area contributed by atoms with E-state index in [0.717, 1.165) is 0 Å². The van der Waals surface area contributed by atoms with Crippen LogP contribution in [0.5, 0.6) is 0 Å². The molecule has 0 spiro atoms. The topological polar surface area (TPSA) is 67.8 Å². The lowest BCUT2D eigenvalue weighted by atomic mass is 10.0. The minimum Gasteiger partial charge on any atom is -0.480 e. The lowest BCUT2D eigenvalue weighted by Crippen LogP contribution is -2.55. The van der Waals surface area contributed by atoms with Crippen molar-refractivity contribution in [2.75, 3.05) is 19.8 Å². The van der Waals surface area contributed by atoms with E-state index in [1.807, 2.05) is 27.7 Å². The van der Waals surface area contributed by atoms with Crippen LogP contribution in [-0.4, -0.2) is 48.6 Å². The molecule has 0 radical (unpaired) electrons. The molecule has 0 aromatic carbocycles. The van der Waals surface area contributed by atoms with E-state index in [1.54, 1.807) is 6.92 Å². The van der Waals surface area contributed by atoms with Crippen molar-refractivity contribution in [2.24, 2.45) is 0 Å². The Balaban J connectivity index is 3.97. The fraction of sp³-hybridized carbons (Fsp3) is 0.917. The van der Waals surface area contributed by atoms with E-state index >= 15 is 0 Å². The van der Waals surface area contributed by atoms with E-state index in [-0.39, 0.29) is 18.8 Å². The molecule has 0 heterocycles. The Kier molecular flexibility index (Phi) is 7.34. The number of aliphatic carboxylic acids is 1. The van der Waals surface area contributed by atoms with Crippen molar-refractivity contribution in [1.29, 1.82) is 0 Å². The number of nitrogens with one attached hydrogen (secondary N) is 1. The summed E-state index contributed by atoms with van der Waals surface area (Å²) in [6, 6.07) is 0.0895. The third kappa shape index (κ3) is 7.31. The minimum absolute atomic E-state index is 0.0895. The number of hydrogen-bond donors (Lipinski definition) is 2. The Morgan fingerprint density at radius 2 is 1.88 bits per heavy atom. The number of hydrogen-bond acceptors (Lipinski definition) is 4. The second kappa shape index (κ2) is 7.63. The SMILES string of the molecule is CC(C)NC(C)(COCCOC(C)C)C(=O)O. The second-order valence-corrected chi connectivity index (χ2v) is 4.91. The number of rotatable bonds is 9. The van der Waals surface area contributed by atoms with E-state index in [9.17, 15) is 4.79 Å². The highest BCUT2D eigenvalue weighted by atomic mass is 16.5. The highest BCUT2D eigenvalue weighted by Gasteiger charge is 2.33. The first-order valence-electron chi connectivity index (χ1n) is 5.98. The zero-order valence-corrected chi connectivity index (χ0v) is 11.4. The van der Waals surface area contributed by atoms with Crippen molar-refractivity contribution in [3.63, 3.8) is 0 Å². The molecule has 0 aromatic heterocycles. The predicted octanol–water partition coefficient (Wildman–Crippen LogP) is 1.27. The summed E-state index contributed by atoms with van der Waals surface area (Å²) in [6.45, 7) is 10.3. The second-order valence-electron chi connectivity index (χ2n) is 4.91. The smallest absolute Gasteiger partial charge is 0.326 e. The molecule has 0 saturated carbocycles. The van der Waals surface area contributed by atoms with Crippen LogP contribution in [0, 0.1) is 0 Å². The highest BCUT2D eigenvalue weighted by Crippen LogP contribution is 2.06. The molecule has 102 valence electrons. The van der Waals surface area contributed by atoms with Gasteiger partial charge >= 0.3 is 5.97 Å². The molecule has 0 bridgehead atoms. The van der Waals surface area contributed by atoms with Gasteiger partial charge < -0.3 is 14.6 Å². The maximum Gasteiger partial charge on any atom is 0.326 e. The van der Waals surface area contributed by atoms with Crippen molar-refractivity contribution >= 4 is 5.97 Å². The first-order chi connectivity index (χ1) is 7.78. The van der Waals surface area contributed by atoms with Crippen LogP contribution in [0.4, 0.5) is 0 Å². The molecular formula is C12H25NO4. The van der Waals surface area contributed by atoms with Gasteiger partial charge in [-0.2, -0.15) is 0 Å². The average Bonchev–Trinajstić information content (AvgIpc) is 2.15. The predicted molar refractivity (Wildman–Crippen MR) is 66.2 cm³/mol. The maximum atomic E-state index is 11.2. The normalized spacial score (nSPS) is 15.2. The van der Waals surface area contributed by atoms with Crippen LogP contribution in [0.15, 0.2) is 0 Å². The summed E-state index contributed by atoms with van der Waals surface area (Å²) in [4.78, 5) is 11.2. The Hall–Kier alpha value is -0.650. The molecule has 0 aliphatic rings. The Morgan fingerprint density at radius 3 is 2.29 bits per heavy atom. The van der Waals surface area contributed by atoms with Crippen molar-refractivity contribution in [1.82, 2.24) is 5.32 Å². The Labute approximate surface area is 103 Å². The van der Waals surface area contributed by atoms with Gasteiger partial charge in [-0.1, -0.05) is 0 Å². The fourth-order valence-corrected chi connectivity index (χ4v) is 1.42. The van der Waals surface area contributed by atoms with Crippen LogP contribution in [0.1, 0.15) is 34.6 Å². The Bertz CT molecular complexity index is 231. The molecule has 2 N–H and O–H groups in total. The summed E-state index contributed by atoms with van der Waals surface area (Å²) in [7, 11) is 0. The summed E-state index contributed by atoms with van der Waals surface area (Å²) in [5, 5.41) is 12.1. The zero-order chi connectivity index (χ0) is 13.5. The van der Waals surface area contributed by atoms with E-state index in [0.29, 0.717) is 13.2 Å². The maximum absolute atomic E-state index is 11.2. The Morgan fingerprint density at radius 1 is 1.29 bits per heavy atom. The van der Waals surface area contributed by atoms with Crippen molar-refractivity contribution in [2.45, 2.75) is 52.3 Å². The zero-order valence-electron chi connectivity index (χ0n) is 11.4. The van der Waals surface area contributed by atoms with Crippen LogP contribution in [0.3, 0.4) is 0 Å². The average molecular weight is 247 g/mol. The number of carboxylic acids is 1. The largest absolute Gasteiger partial charge is 0.480 e. The van der Waals surface area contributed by atoms with Gasteiger partial charge in [-0.15, -0.1) is 0 Å². The molecule has 5 heteroatoms. The summed E-state index contributed by atoms with van der Waals surface area (Å²) in [5.74, 6) is -0.907. The summed E-state index contributed by atoms with van der Waals surface area (Å²) < 4.78 is 10.6. The summed E-state index contributed by atoms with van der Waals surface area (Å²) >= 11 is 0. The third-order valence-corrected chi connectivity index (χ3v) is 2.15. The van der Waals surface area contributed by atoms with Gasteiger partial charge in [0.1, 0.15) is 5.54 Å². The third-order valence-electron chi connectivity index (χ3n) is 2.15. The molecule has 0 fully saturated rings. The van der Waals surface area contributed by atoms with Gasteiger partial charge in [-0.05, 0) is 34.6 Å². The molecule has 0 rings (SSSR count). The monoisotopic (exact) mass is 247 g/mol. The molecule has 0 aromatic rings. The lowest BCUT2D eigenvalue weighted by Gasteiger charge is -2.28. The van der Waals surface area contributed by atoms with Gasteiger partial charge in [0.15, 0.2) is 0 Å². The molecule has 0 saturated heterocycles. The number of ether oxygens (including phenoxy) is 2. The van der Waals surface area contributed by atoms with Gasteiger partial charge in [-0.3, -0.25) is 10.1 Å². The van der Waals surface area contributed by atoms with Crippen molar-refractivity contribution in [3.8, 4) is 0 Å². The van der Waals surface area contributed by atoms with Gasteiger partial charge in [-0.25, -0.2) is 0 Å². The van der Waals surface area contributed by atoms with Crippen LogP contribution in [0.25, 0.3) is 0 Å². The quantitative estimate of drug-likeness (QED) is 0.601. The fourth-order valence-electron chi connectivity index (χ4n) is 1.42. The molecule has 0 aliphatic heterocycles. The molecular weight excluding hydrogens is 222 g/mol. The summed E-state index contributed by atoms with van der Waals surface area (Å²) in [6.07, 6.45) is 0.165. The molecule has 17 heavy (non-hydrogen) atoms. The molecule has 0 aliphatic carbocycles. The van der Waals surface area contributed by atoms with Gasteiger partial charge in [0.05, 0.1) is 25.9 Å². The highest BCUT2D eigenvalue weighted by molar-refractivity contribution is 5.78. The molecule has 0 amide bonds. The summed E-state index contributed by atoms with van der Waals surface area (Å²) in [5.41, 5.74) is -1.05. The van der Waals surface area contributed by atoms with E-state index in [2.05, 4.69) is 5.32 Å². The van der Waals surface area contributed by atoms with Crippen LogP contribution < -0.4 is 5.32 Å². The number of carboxylic acid groups (broad SMARTS) is 1. The first kappa shape index (κ1) is 16.4. The van der Waals surface area contributed by atoms with Crippen LogP contribution >= 0.6 is 0 Å². The van der Waals surface area contributed by atoms with Gasteiger partial charge in [0.2, 0.25) is 0 Å². The van der Waals surface area contributed by atoms with Gasteiger partial charge in [0, 0.05) is 6.04 Å². The standard InChI is InChI=1S/C12H25NO4/c1-9(2)13-12(5,11(14)15)8-16-6-7-17-10(3)4/h9-10,13H,6-8H2,1-5H3,(H,14,15). The molecule has 1 atom stereocenters. The van der Waals surface area contributed by atoms with Crippen molar-refractivity contribution < 1.29 is 19.4 Å². The lowest BCUT2D eigenvalue weighted by molar-refractivity contribution is -0.147. The van der Waals surface area contributed by atoms with E-state index in [4.69, 9.17) is 14.6 Å². The van der Waals surface area contributed by atoms with E-state index in [1.165, 1.54) is 0 Å². The van der Waals surface area contributed by atoms with Crippen molar-refractivity contribution in [3.05, 3.63) is 0 Å². The van der Waals surface area contributed by atoms with E-state index < -0.39 is 11.5 Å². The minimum atomic E-state index is -1.05. The van der Waals surface area contributed by atoms with Gasteiger partial charge in [0.25, 0.3) is 0 Å². The number of carbonyl (C=O) groups is 1. The van der Waals surface area contributed by atoms with Crippen LogP contribution in [-0.2, 0) is 14.3 Å². The van der Waals surface area contributed by atoms with Crippen LogP contribution in [0.2, 0.25) is 0 Å².